The van der Waals surface area contributed by atoms with Crippen LogP contribution in [-0.4, -0.2) is 7.05 Å². The van der Waals surface area contributed by atoms with Crippen LogP contribution >= 0.6 is 11.6 Å². The van der Waals surface area contributed by atoms with E-state index in [4.69, 9.17) is 17.3 Å². The van der Waals surface area contributed by atoms with Gasteiger partial charge in [0.2, 0.25) is 0 Å². The van der Waals surface area contributed by atoms with Crippen molar-refractivity contribution in [2.75, 3.05) is 17.7 Å². The fourth-order valence-corrected chi connectivity index (χ4v) is 2.04. The van der Waals surface area contributed by atoms with Crippen molar-refractivity contribution in [2.24, 2.45) is 0 Å². The highest BCUT2D eigenvalue weighted by Crippen LogP contribution is 2.24. The molecule has 0 unspecified atom stereocenters. The van der Waals surface area contributed by atoms with Gasteiger partial charge in [0, 0.05) is 24.3 Å². The third-order valence-corrected chi connectivity index (χ3v) is 3.10. The molecule has 0 aliphatic carbocycles. The summed E-state index contributed by atoms with van der Waals surface area (Å²) in [5.74, 6) is -0.244. The monoisotopic (exact) mass is 264 g/mol. The fourth-order valence-electron chi connectivity index (χ4n) is 1.79. The van der Waals surface area contributed by atoms with Crippen LogP contribution in [0.1, 0.15) is 5.56 Å². The van der Waals surface area contributed by atoms with Crippen LogP contribution in [0.25, 0.3) is 0 Å². The van der Waals surface area contributed by atoms with E-state index in [0.717, 1.165) is 5.56 Å². The minimum atomic E-state index is -0.244. The number of hydrogen-bond acceptors (Lipinski definition) is 2. The molecule has 0 bridgehead atoms. The standard InChI is InChI=1S/C14H14ClFN2/c1-18(14-5-3-2-4-13(14)16)9-10-6-7-11(17)8-12(10)15/h2-8H,9,17H2,1H3. The van der Waals surface area contributed by atoms with Crippen LogP contribution in [0.2, 0.25) is 5.02 Å². The van der Waals surface area contributed by atoms with Gasteiger partial charge in [0.15, 0.2) is 0 Å². The number of nitrogen functional groups attached to an aromatic ring is 1. The number of hydrogen-bond donors (Lipinski definition) is 1. The summed E-state index contributed by atoms with van der Waals surface area (Å²) in [5, 5.41) is 0.596. The number of anilines is 2. The van der Waals surface area contributed by atoms with Crippen molar-refractivity contribution in [3.63, 3.8) is 0 Å². The molecule has 18 heavy (non-hydrogen) atoms. The van der Waals surface area contributed by atoms with Gasteiger partial charge in [-0.1, -0.05) is 29.8 Å². The molecule has 0 radical (unpaired) electrons. The van der Waals surface area contributed by atoms with Crippen molar-refractivity contribution < 1.29 is 4.39 Å². The number of nitrogens with zero attached hydrogens (tertiary/aromatic N) is 1. The van der Waals surface area contributed by atoms with Gasteiger partial charge in [0.1, 0.15) is 5.82 Å². The molecule has 2 aromatic rings. The van der Waals surface area contributed by atoms with E-state index in [-0.39, 0.29) is 5.82 Å². The van der Waals surface area contributed by atoms with Gasteiger partial charge in [-0.25, -0.2) is 4.39 Å². The van der Waals surface area contributed by atoms with E-state index in [1.54, 1.807) is 30.3 Å². The lowest BCUT2D eigenvalue weighted by Gasteiger charge is -2.20. The van der Waals surface area contributed by atoms with Crippen LogP contribution in [-0.2, 0) is 6.54 Å². The molecule has 2 rings (SSSR count). The molecule has 0 fully saturated rings. The average molecular weight is 265 g/mol. The summed E-state index contributed by atoms with van der Waals surface area (Å²) in [6.07, 6.45) is 0. The summed E-state index contributed by atoms with van der Waals surface area (Å²) in [7, 11) is 1.82. The summed E-state index contributed by atoms with van der Waals surface area (Å²) >= 11 is 6.10. The third kappa shape index (κ3) is 2.74. The quantitative estimate of drug-likeness (QED) is 0.857. The largest absolute Gasteiger partial charge is 0.399 e. The average Bonchev–Trinajstić information content (AvgIpc) is 2.33. The molecule has 2 nitrogen and oxygen atoms in total. The van der Waals surface area contributed by atoms with Crippen molar-refractivity contribution in [3.05, 3.63) is 58.9 Å². The maximum Gasteiger partial charge on any atom is 0.146 e. The Morgan fingerprint density at radius 2 is 1.94 bits per heavy atom. The van der Waals surface area contributed by atoms with Gasteiger partial charge in [0.25, 0.3) is 0 Å². The molecule has 0 amide bonds. The molecule has 0 aromatic heterocycles. The molecule has 2 N–H and O–H groups in total. The molecule has 0 spiro atoms. The molecule has 0 aliphatic rings. The van der Waals surface area contributed by atoms with E-state index in [1.807, 2.05) is 18.0 Å². The molecular formula is C14H14ClFN2. The highest BCUT2D eigenvalue weighted by atomic mass is 35.5. The number of benzene rings is 2. The molecule has 94 valence electrons. The first kappa shape index (κ1) is 12.7. The summed E-state index contributed by atoms with van der Waals surface area (Å²) < 4.78 is 13.6. The smallest absolute Gasteiger partial charge is 0.146 e. The summed E-state index contributed by atoms with van der Waals surface area (Å²) in [5.41, 5.74) is 7.72. The van der Waals surface area contributed by atoms with Gasteiger partial charge in [-0.3, -0.25) is 0 Å². The number of para-hydroxylation sites is 1. The molecule has 0 atom stereocenters. The zero-order valence-electron chi connectivity index (χ0n) is 10.0. The maximum absolute atomic E-state index is 13.6. The molecule has 0 saturated heterocycles. The predicted molar refractivity (Wildman–Crippen MR) is 74.4 cm³/mol. The lowest BCUT2D eigenvalue weighted by Crippen LogP contribution is -2.17. The summed E-state index contributed by atoms with van der Waals surface area (Å²) in [6.45, 7) is 0.528. The highest BCUT2D eigenvalue weighted by molar-refractivity contribution is 6.31. The van der Waals surface area contributed by atoms with Gasteiger partial charge in [-0.15, -0.1) is 0 Å². The first-order valence-corrected chi connectivity index (χ1v) is 5.95. The second-order valence-electron chi connectivity index (χ2n) is 4.16. The topological polar surface area (TPSA) is 29.3 Å². The second-order valence-corrected chi connectivity index (χ2v) is 4.57. The van der Waals surface area contributed by atoms with Crippen LogP contribution < -0.4 is 10.6 Å². The number of halogens is 2. The first-order chi connectivity index (χ1) is 8.58. The molecular weight excluding hydrogens is 251 g/mol. The van der Waals surface area contributed by atoms with E-state index in [1.165, 1.54) is 6.07 Å². The van der Waals surface area contributed by atoms with Crippen LogP contribution in [0.15, 0.2) is 42.5 Å². The fraction of sp³-hybridized carbons (Fsp3) is 0.143. The van der Waals surface area contributed by atoms with Gasteiger partial charge < -0.3 is 10.6 Å². The van der Waals surface area contributed by atoms with Crippen LogP contribution in [0.5, 0.6) is 0 Å². The Balaban J connectivity index is 2.21. The first-order valence-electron chi connectivity index (χ1n) is 5.57. The molecule has 4 heteroatoms. The van der Waals surface area contributed by atoms with E-state index >= 15 is 0 Å². The van der Waals surface area contributed by atoms with E-state index in [9.17, 15) is 4.39 Å². The molecule has 0 saturated carbocycles. The zero-order chi connectivity index (χ0) is 13.1. The zero-order valence-corrected chi connectivity index (χ0v) is 10.8. The van der Waals surface area contributed by atoms with Crippen LogP contribution in [0.4, 0.5) is 15.8 Å². The van der Waals surface area contributed by atoms with Crippen molar-refractivity contribution in [1.82, 2.24) is 0 Å². The van der Waals surface area contributed by atoms with Gasteiger partial charge in [-0.2, -0.15) is 0 Å². The Morgan fingerprint density at radius 1 is 1.22 bits per heavy atom. The van der Waals surface area contributed by atoms with Crippen LogP contribution in [0.3, 0.4) is 0 Å². The van der Waals surface area contributed by atoms with Crippen molar-refractivity contribution in [1.29, 1.82) is 0 Å². The molecule has 0 aliphatic heterocycles. The van der Waals surface area contributed by atoms with Gasteiger partial charge >= 0.3 is 0 Å². The lowest BCUT2D eigenvalue weighted by molar-refractivity contribution is 0.622. The Labute approximate surface area is 111 Å². The SMILES string of the molecule is CN(Cc1ccc(N)cc1Cl)c1ccccc1F. The second kappa shape index (κ2) is 5.27. The van der Waals surface area contributed by atoms with E-state index in [0.29, 0.717) is 22.9 Å². The predicted octanol–water partition coefficient (Wildman–Crippen LogP) is 3.70. The van der Waals surface area contributed by atoms with Crippen LogP contribution in [0, 0.1) is 5.82 Å². The van der Waals surface area contributed by atoms with E-state index in [2.05, 4.69) is 0 Å². The Bertz CT molecular complexity index is 557. The van der Waals surface area contributed by atoms with Gasteiger partial charge in [-0.05, 0) is 29.8 Å². The number of rotatable bonds is 3. The third-order valence-electron chi connectivity index (χ3n) is 2.75. The van der Waals surface area contributed by atoms with Gasteiger partial charge in [0.05, 0.1) is 5.69 Å². The summed E-state index contributed by atoms with van der Waals surface area (Å²) in [4.78, 5) is 1.81. The minimum Gasteiger partial charge on any atom is -0.399 e. The minimum absolute atomic E-state index is 0.244. The molecule has 2 aromatic carbocycles. The lowest BCUT2D eigenvalue weighted by atomic mass is 10.2. The molecule has 0 heterocycles. The normalized spacial score (nSPS) is 10.4. The van der Waals surface area contributed by atoms with Crippen molar-refractivity contribution in [2.45, 2.75) is 6.54 Å². The maximum atomic E-state index is 13.6. The van der Waals surface area contributed by atoms with E-state index < -0.39 is 0 Å². The Hall–Kier alpha value is -1.74. The Morgan fingerprint density at radius 3 is 2.61 bits per heavy atom. The van der Waals surface area contributed by atoms with Crippen molar-refractivity contribution >= 4 is 23.0 Å². The summed E-state index contributed by atoms with van der Waals surface area (Å²) in [6, 6.07) is 12.0. The number of nitrogens with two attached hydrogens (primary N) is 1. The van der Waals surface area contributed by atoms with Crippen molar-refractivity contribution in [3.8, 4) is 0 Å². The Kier molecular flexibility index (Phi) is 3.72. The highest BCUT2D eigenvalue weighted by Gasteiger charge is 2.09.